The summed E-state index contributed by atoms with van der Waals surface area (Å²) in [5, 5.41) is 2.60. The number of ether oxygens (including phenoxy) is 1. The molecule has 1 rings (SSSR count). The van der Waals surface area contributed by atoms with Gasteiger partial charge in [-0.3, -0.25) is 4.79 Å². The molecule has 0 bridgehead atoms. The van der Waals surface area contributed by atoms with Crippen LogP contribution in [0.15, 0.2) is 18.2 Å². The first-order chi connectivity index (χ1) is 6.31. The molecular weight excluding hydrogens is 166 g/mol. The Morgan fingerprint density at radius 2 is 2.31 bits per heavy atom. The molecule has 0 heterocycles. The summed E-state index contributed by atoms with van der Waals surface area (Å²) in [5.41, 5.74) is 1.89. The number of hydrogen-bond acceptors (Lipinski definition) is 2. The van der Waals surface area contributed by atoms with Gasteiger partial charge in [0.25, 0.3) is 0 Å². The number of methoxy groups -OCH3 is 1. The second-order valence-corrected chi connectivity index (χ2v) is 2.65. The Morgan fingerprint density at radius 1 is 1.54 bits per heavy atom. The van der Waals surface area contributed by atoms with E-state index in [1.807, 2.05) is 18.2 Å². The van der Waals surface area contributed by atoms with Gasteiger partial charge in [-0.05, 0) is 24.1 Å². The van der Waals surface area contributed by atoms with E-state index in [4.69, 9.17) is 4.74 Å². The number of anilines is 1. The normalized spacial score (nSPS) is 9.38. The van der Waals surface area contributed by atoms with E-state index in [0.717, 1.165) is 12.1 Å². The Labute approximate surface area is 77.7 Å². The van der Waals surface area contributed by atoms with Crippen molar-refractivity contribution < 1.29 is 9.53 Å². The predicted molar refractivity (Wildman–Crippen MR) is 52.1 cm³/mol. The third kappa shape index (κ3) is 2.21. The first kappa shape index (κ1) is 9.58. The van der Waals surface area contributed by atoms with E-state index in [9.17, 15) is 4.79 Å². The molecule has 0 aliphatic carbocycles. The number of carbonyl (C=O) groups is 1. The second kappa shape index (κ2) is 4.50. The van der Waals surface area contributed by atoms with Crippen molar-refractivity contribution in [2.75, 3.05) is 12.4 Å². The van der Waals surface area contributed by atoms with Gasteiger partial charge < -0.3 is 10.1 Å². The third-order valence-electron chi connectivity index (χ3n) is 1.89. The van der Waals surface area contributed by atoms with Gasteiger partial charge in [-0.2, -0.15) is 0 Å². The summed E-state index contributed by atoms with van der Waals surface area (Å²) in [6.45, 7) is 2.06. The smallest absolute Gasteiger partial charge is 0.211 e. The molecule has 0 aromatic heterocycles. The van der Waals surface area contributed by atoms with Gasteiger partial charge in [-0.1, -0.05) is 13.0 Å². The zero-order valence-electron chi connectivity index (χ0n) is 7.83. The van der Waals surface area contributed by atoms with Gasteiger partial charge in [-0.25, -0.2) is 0 Å². The molecule has 1 aromatic rings. The summed E-state index contributed by atoms with van der Waals surface area (Å²) in [7, 11) is 1.58. The van der Waals surface area contributed by atoms with Crippen molar-refractivity contribution in [3.05, 3.63) is 23.8 Å². The van der Waals surface area contributed by atoms with Gasteiger partial charge in [0.05, 0.1) is 12.8 Å². The molecule has 3 heteroatoms. The van der Waals surface area contributed by atoms with Crippen molar-refractivity contribution in [1.29, 1.82) is 0 Å². The van der Waals surface area contributed by atoms with Crippen molar-refractivity contribution in [1.82, 2.24) is 0 Å². The summed E-state index contributed by atoms with van der Waals surface area (Å²) in [6.07, 6.45) is 1.59. The van der Waals surface area contributed by atoms with E-state index >= 15 is 0 Å². The number of benzene rings is 1. The van der Waals surface area contributed by atoms with E-state index in [1.54, 1.807) is 7.11 Å². The summed E-state index contributed by atoms with van der Waals surface area (Å²) in [4.78, 5) is 10.3. The fourth-order valence-electron chi connectivity index (χ4n) is 1.15. The van der Waals surface area contributed by atoms with Crippen LogP contribution in [0.4, 0.5) is 5.69 Å². The van der Waals surface area contributed by atoms with Crippen LogP contribution in [0.25, 0.3) is 0 Å². The zero-order chi connectivity index (χ0) is 9.68. The highest BCUT2D eigenvalue weighted by Gasteiger charge is 2.01. The van der Waals surface area contributed by atoms with Crippen LogP contribution < -0.4 is 10.1 Å². The molecule has 0 saturated heterocycles. The van der Waals surface area contributed by atoms with Crippen molar-refractivity contribution in [2.45, 2.75) is 13.3 Å². The minimum atomic E-state index is 0.650. The van der Waals surface area contributed by atoms with Gasteiger partial charge in [0, 0.05) is 0 Å². The second-order valence-electron chi connectivity index (χ2n) is 2.65. The molecule has 0 aliphatic heterocycles. The summed E-state index contributed by atoms with van der Waals surface area (Å²) in [5.74, 6) is 0.685. The molecule has 0 radical (unpaired) electrons. The van der Waals surface area contributed by atoms with E-state index in [0.29, 0.717) is 12.2 Å². The summed E-state index contributed by atoms with van der Waals surface area (Å²) >= 11 is 0. The molecule has 0 atom stereocenters. The molecule has 1 amide bonds. The first-order valence-electron chi connectivity index (χ1n) is 4.19. The fraction of sp³-hybridized carbons (Fsp3) is 0.300. The maximum atomic E-state index is 10.3. The highest BCUT2D eigenvalue weighted by atomic mass is 16.5. The molecule has 0 saturated carbocycles. The quantitative estimate of drug-likeness (QED) is 0.716. The summed E-state index contributed by atoms with van der Waals surface area (Å²) in [6, 6.07) is 5.74. The maximum absolute atomic E-state index is 10.3. The molecule has 70 valence electrons. The lowest BCUT2D eigenvalue weighted by Crippen LogP contribution is -1.98. The topological polar surface area (TPSA) is 38.3 Å². The molecule has 0 unspecified atom stereocenters. The summed E-state index contributed by atoms with van der Waals surface area (Å²) < 4.78 is 5.08. The average molecular weight is 179 g/mol. The molecule has 3 nitrogen and oxygen atoms in total. The Bertz CT molecular complexity index is 297. The molecule has 1 N–H and O–H groups in total. The molecular formula is C10H13NO2. The minimum Gasteiger partial charge on any atom is -0.495 e. The van der Waals surface area contributed by atoms with Gasteiger partial charge in [0.2, 0.25) is 6.41 Å². The van der Waals surface area contributed by atoms with E-state index in [1.165, 1.54) is 5.56 Å². The van der Waals surface area contributed by atoms with Crippen molar-refractivity contribution in [3.8, 4) is 5.75 Å². The number of nitrogens with one attached hydrogen (secondary N) is 1. The molecule has 0 spiro atoms. The van der Waals surface area contributed by atoms with Crippen LogP contribution in [0.1, 0.15) is 12.5 Å². The molecule has 1 aromatic carbocycles. The van der Waals surface area contributed by atoms with Gasteiger partial charge in [0.1, 0.15) is 5.75 Å². The monoisotopic (exact) mass is 179 g/mol. The van der Waals surface area contributed by atoms with Crippen LogP contribution in [0, 0.1) is 0 Å². The van der Waals surface area contributed by atoms with E-state index in [-0.39, 0.29) is 0 Å². The van der Waals surface area contributed by atoms with Crippen LogP contribution in [0.3, 0.4) is 0 Å². The Kier molecular flexibility index (Phi) is 3.31. The van der Waals surface area contributed by atoms with Crippen LogP contribution in [-0.4, -0.2) is 13.5 Å². The number of aryl methyl sites for hydroxylation is 1. The highest BCUT2D eigenvalue weighted by molar-refractivity contribution is 5.75. The van der Waals surface area contributed by atoms with Crippen LogP contribution in [-0.2, 0) is 11.2 Å². The predicted octanol–water partition coefficient (Wildman–Crippen LogP) is 1.83. The van der Waals surface area contributed by atoms with E-state index in [2.05, 4.69) is 12.2 Å². The number of carbonyl (C=O) groups excluding carboxylic acids is 1. The van der Waals surface area contributed by atoms with Crippen molar-refractivity contribution >= 4 is 12.1 Å². The number of hydrogen-bond donors (Lipinski definition) is 1. The maximum Gasteiger partial charge on any atom is 0.211 e. The SMILES string of the molecule is CCc1ccc(OC)c(NC=O)c1. The van der Waals surface area contributed by atoms with Crippen molar-refractivity contribution in [3.63, 3.8) is 0 Å². The van der Waals surface area contributed by atoms with Crippen LogP contribution in [0.5, 0.6) is 5.75 Å². The van der Waals surface area contributed by atoms with Crippen molar-refractivity contribution in [2.24, 2.45) is 0 Å². The lowest BCUT2D eigenvalue weighted by molar-refractivity contribution is -0.105. The van der Waals surface area contributed by atoms with Crippen LogP contribution >= 0.6 is 0 Å². The minimum absolute atomic E-state index is 0.650. The van der Waals surface area contributed by atoms with Gasteiger partial charge in [-0.15, -0.1) is 0 Å². The van der Waals surface area contributed by atoms with Gasteiger partial charge >= 0.3 is 0 Å². The highest BCUT2D eigenvalue weighted by Crippen LogP contribution is 2.24. The molecule has 0 fully saturated rings. The standard InChI is InChI=1S/C10H13NO2/c1-3-8-4-5-10(13-2)9(6-8)11-7-12/h4-7H,3H2,1-2H3,(H,11,12). The Balaban J connectivity index is 3.01. The fourth-order valence-corrected chi connectivity index (χ4v) is 1.15. The Morgan fingerprint density at radius 3 is 2.85 bits per heavy atom. The Hall–Kier alpha value is -1.51. The average Bonchev–Trinajstić information content (AvgIpc) is 2.18. The molecule has 0 aliphatic rings. The first-order valence-corrected chi connectivity index (χ1v) is 4.19. The van der Waals surface area contributed by atoms with Crippen LogP contribution in [0.2, 0.25) is 0 Å². The third-order valence-corrected chi connectivity index (χ3v) is 1.89. The lowest BCUT2D eigenvalue weighted by atomic mass is 10.1. The largest absolute Gasteiger partial charge is 0.495 e. The lowest BCUT2D eigenvalue weighted by Gasteiger charge is -2.08. The molecule has 13 heavy (non-hydrogen) atoms. The van der Waals surface area contributed by atoms with E-state index < -0.39 is 0 Å². The number of rotatable bonds is 4. The number of amides is 1. The van der Waals surface area contributed by atoms with Gasteiger partial charge in [0.15, 0.2) is 0 Å². The zero-order valence-corrected chi connectivity index (χ0v) is 7.83.